The Bertz CT molecular complexity index is 565. The Morgan fingerprint density at radius 3 is 2.78 bits per heavy atom. The molecule has 1 aromatic heterocycles. The van der Waals surface area contributed by atoms with Gasteiger partial charge in [0.15, 0.2) is 5.82 Å². The first-order valence-corrected chi connectivity index (χ1v) is 6.26. The van der Waals surface area contributed by atoms with Gasteiger partial charge < -0.3 is 9.30 Å². The van der Waals surface area contributed by atoms with E-state index < -0.39 is 0 Å². The van der Waals surface area contributed by atoms with Crippen LogP contribution >= 0.6 is 11.6 Å². The van der Waals surface area contributed by atoms with Gasteiger partial charge in [-0.2, -0.15) is 0 Å². The highest BCUT2D eigenvalue weighted by Gasteiger charge is 2.21. The summed E-state index contributed by atoms with van der Waals surface area (Å²) in [6.45, 7) is 4.51. The summed E-state index contributed by atoms with van der Waals surface area (Å²) < 4.78 is 21.0. The molecule has 2 aromatic rings. The van der Waals surface area contributed by atoms with Crippen molar-refractivity contribution in [2.75, 3.05) is 7.11 Å². The van der Waals surface area contributed by atoms with Crippen LogP contribution in [0.4, 0.5) is 4.39 Å². The molecule has 0 N–H and O–H groups in total. The van der Waals surface area contributed by atoms with Crippen molar-refractivity contribution in [3.63, 3.8) is 0 Å². The number of fused-ring (bicyclic) bond motifs is 1. The Morgan fingerprint density at radius 2 is 2.17 bits per heavy atom. The van der Waals surface area contributed by atoms with E-state index >= 15 is 0 Å². The average Bonchev–Trinajstić information content (AvgIpc) is 2.69. The average molecular weight is 271 g/mol. The first-order chi connectivity index (χ1) is 8.48. The lowest BCUT2D eigenvalue weighted by atomic mass is 10.1. The highest BCUT2D eigenvalue weighted by atomic mass is 35.5. The molecule has 0 fully saturated rings. The van der Waals surface area contributed by atoms with Crippen molar-refractivity contribution >= 4 is 22.6 Å². The van der Waals surface area contributed by atoms with E-state index in [4.69, 9.17) is 16.3 Å². The predicted molar refractivity (Wildman–Crippen MR) is 70.3 cm³/mol. The lowest BCUT2D eigenvalue weighted by molar-refractivity contribution is 0.00854. The minimum atomic E-state index is -0.360. The van der Waals surface area contributed by atoms with Crippen LogP contribution in [0.2, 0.25) is 0 Å². The first-order valence-electron chi connectivity index (χ1n) is 5.73. The van der Waals surface area contributed by atoms with Crippen molar-refractivity contribution in [2.24, 2.45) is 0 Å². The zero-order valence-corrected chi connectivity index (χ0v) is 11.5. The van der Waals surface area contributed by atoms with Gasteiger partial charge in [0.2, 0.25) is 0 Å². The monoisotopic (exact) mass is 270 g/mol. The minimum Gasteiger partial charge on any atom is -0.377 e. The molecule has 0 radical (unpaired) electrons. The van der Waals surface area contributed by atoms with Crippen molar-refractivity contribution in [1.82, 2.24) is 9.55 Å². The van der Waals surface area contributed by atoms with Crippen molar-refractivity contribution in [3.05, 3.63) is 29.8 Å². The second-order valence-corrected chi connectivity index (χ2v) is 5.09. The highest BCUT2D eigenvalue weighted by molar-refractivity contribution is 6.16. The molecule has 18 heavy (non-hydrogen) atoms. The summed E-state index contributed by atoms with van der Waals surface area (Å²) in [7, 11) is 1.65. The van der Waals surface area contributed by atoms with Crippen LogP contribution in [0.25, 0.3) is 11.0 Å². The van der Waals surface area contributed by atoms with E-state index in [1.807, 2.05) is 24.5 Å². The van der Waals surface area contributed by atoms with Crippen LogP contribution in [0.3, 0.4) is 0 Å². The van der Waals surface area contributed by atoms with Crippen molar-refractivity contribution in [3.8, 4) is 0 Å². The molecule has 5 heteroatoms. The number of benzene rings is 1. The molecule has 0 aliphatic rings. The van der Waals surface area contributed by atoms with Crippen LogP contribution in [0.15, 0.2) is 18.2 Å². The Morgan fingerprint density at radius 1 is 1.44 bits per heavy atom. The summed E-state index contributed by atoms with van der Waals surface area (Å²) in [5.41, 5.74) is 0.747. The zero-order valence-electron chi connectivity index (χ0n) is 10.7. The maximum absolute atomic E-state index is 13.7. The second kappa shape index (κ2) is 4.86. The van der Waals surface area contributed by atoms with E-state index in [1.165, 1.54) is 6.07 Å². The molecule has 1 heterocycles. The lowest BCUT2D eigenvalue weighted by Crippen LogP contribution is -2.29. The van der Waals surface area contributed by atoms with Gasteiger partial charge in [0.1, 0.15) is 11.3 Å². The molecule has 1 aromatic carbocycles. The van der Waals surface area contributed by atoms with Crippen LogP contribution in [-0.2, 0) is 17.2 Å². The Labute approximate surface area is 111 Å². The molecule has 0 aliphatic heterocycles. The fourth-order valence-corrected chi connectivity index (χ4v) is 2.09. The molecule has 2 rings (SSSR count). The van der Waals surface area contributed by atoms with Crippen molar-refractivity contribution < 1.29 is 9.13 Å². The summed E-state index contributed by atoms with van der Waals surface area (Å²) in [5, 5.41) is 0. The molecule has 0 aliphatic carbocycles. The van der Waals surface area contributed by atoms with E-state index in [0.29, 0.717) is 17.9 Å². The van der Waals surface area contributed by atoms with Gasteiger partial charge in [0.05, 0.1) is 23.5 Å². The maximum atomic E-state index is 13.7. The third-order valence-electron chi connectivity index (χ3n) is 3.02. The third kappa shape index (κ3) is 2.35. The quantitative estimate of drug-likeness (QED) is 0.797. The van der Waals surface area contributed by atoms with Crippen LogP contribution in [0.5, 0.6) is 0 Å². The number of methoxy groups -OCH3 is 1. The lowest BCUT2D eigenvalue weighted by Gasteiger charge is -2.24. The van der Waals surface area contributed by atoms with Crippen molar-refractivity contribution in [2.45, 2.75) is 31.9 Å². The van der Waals surface area contributed by atoms with E-state index in [0.717, 1.165) is 5.52 Å². The molecule has 0 amide bonds. The minimum absolute atomic E-state index is 0.244. The number of hydrogen-bond donors (Lipinski definition) is 0. The zero-order chi connectivity index (χ0) is 13.3. The van der Waals surface area contributed by atoms with Crippen LogP contribution in [-0.4, -0.2) is 22.3 Å². The number of nitrogens with zero attached hydrogens (tertiary/aromatic N) is 2. The van der Waals surface area contributed by atoms with Gasteiger partial charge in [-0.15, -0.1) is 11.6 Å². The number of alkyl halides is 1. The number of halogens is 2. The summed E-state index contributed by atoms with van der Waals surface area (Å²) in [6.07, 6.45) is 0. The molecule has 0 saturated carbocycles. The summed E-state index contributed by atoms with van der Waals surface area (Å²) >= 11 is 5.88. The first kappa shape index (κ1) is 13.3. The highest BCUT2D eigenvalue weighted by Crippen LogP contribution is 2.23. The molecule has 0 saturated heterocycles. The largest absolute Gasteiger partial charge is 0.377 e. The Hall–Kier alpha value is -1.13. The van der Waals surface area contributed by atoms with Gasteiger partial charge >= 0.3 is 0 Å². The number of hydrogen-bond acceptors (Lipinski definition) is 2. The molecule has 3 nitrogen and oxygen atoms in total. The van der Waals surface area contributed by atoms with Gasteiger partial charge in [0.25, 0.3) is 0 Å². The topological polar surface area (TPSA) is 27.1 Å². The Balaban J connectivity index is 2.57. The standard InChI is InChI=1S/C13H16ClFN2O/c1-13(2,18-3)8-17-10-6-4-5-9(15)12(10)16-11(17)7-14/h4-6H,7-8H2,1-3H3. The number of ether oxygens (including phenoxy) is 1. The van der Waals surface area contributed by atoms with E-state index in [-0.39, 0.29) is 17.3 Å². The van der Waals surface area contributed by atoms with Crippen LogP contribution in [0.1, 0.15) is 19.7 Å². The predicted octanol–water partition coefficient (Wildman–Crippen LogP) is 3.34. The van der Waals surface area contributed by atoms with Crippen molar-refractivity contribution in [1.29, 1.82) is 0 Å². The molecule has 0 unspecified atom stereocenters. The van der Waals surface area contributed by atoms with E-state index in [1.54, 1.807) is 13.2 Å². The third-order valence-corrected chi connectivity index (χ3v) is 3.26. The molecule has 0 bridgehead atoms. The van der Waals surface area contributed by atoms with Gasteiger partial charge in [-0.3, -0.25) is 0 Å². The number of rotatable bonds is 4. The van der Waals surface area contributed by atoms with Gasteiger partial charge in [-0.1, -0.05) is 6.07 Å². The van der Waals surface area contributed by atoms with Crippen LogP contribution in [0, 0.1) is 5.82 Å². The fraction of sp³-hybridized carbons (Fsp3) is 0.462. The fourth-order valence-electron chi connectivity index (χ4n) is 1.88. The second-order valence-electron chi connectivity index (χ2n) is 4.82. The summed E-state index contributed by atoms with van der Waals surface area (Å²) in [5.74, 6) is 0.572. The van der Waals surface area contributed by atoms with Gasteiger partial charge in [-0.25, -0.2) is 9.37 Å². The van der Waals surface area contributed by atoms with E-state index in [2.05, 4.69) is 4.98 Å². The number of aromatic nitrogens is 2. The molecular weight excluding hydrogens is 255 g/mol. The van der Waals surface area contributed by atoms with Gasteiger partial charge in [0, 0.05) is 7.11 Å². The SMILES string of the molecule is COC(C)(C)Cn1c(CCl)nc2c(F)cccc21. The smallest absolute Gasteiger partial charge is 0.151 e. The Kier molecular flexibility index (Phi) is 3.59. The van der Waals surface area contributed by atoms with Gasteiger partial charge in [-0.05, 0) is 26.0 Å². The molecule has 98 valence electrons. The number of imidazole rings is 1. The van der Waals surface area contributed by atoms with E-state index in [9.17, 15) is 4.39 Å². The molecule has 0 spiro atoms. The normalized spacial score (nSPS) is 12.3. The molecule has 0 atom stereocenters. The maximum Gasteiger partial charge on any atom is 0.151 e. The summed E-state index contributed by atoms with van der Waals surface area (Å²) in [6, 6.07) is 4.92. The molecular formula is C13H16ClFN2O. The summed E-state index contributed by atoms with van der Waals surface area (Å²) in [4.78, 5) is 4.25. The number of para-hydroxylation sites is 1. The van der Waals surface area contributed by atoms with Crippen LogP contribution < -0.4 is 0 Å².